The highest BCUT2D eigenvalue weighted by atomic mass is 32.2. The molecule has 4 rings (SSSR count). The van der Waals surface area contributed by atoms with Crippen molar-refractivity contribution in [1.82, 2.24) is 5.32 Å². The number of benzene rings is 3. The van der Waals surface area contributed by atoms with Gasteiger partial charge >= 0.3 is 0 Å². The average molecular weight is 455 g/mol. The third-order valence-electron chi connectivity index (χ3n) is 5.28. The molecule has 1 aliphatic rings. The summed E-state index contributed by atoms with van der Waals surface area (Å²) in [4.78, 5) is 13.0. The SMILES string of the molecule is C[C@@H](NC(=O)[C@H]1CN(S(=O)(=O)Cc2ccccc2)c2ccccc2O1)c1ccc(F)cc1. The Morgan fingerprint density at radius 2 is 1.72 bits per heavy atom. The Hall–Kier alpha value is -3.39. The van der Waals surface area contributed by atoms with Crippen LogP contribution in [0.4, 0.5) is 10.1 Å². The van der Waals surface area contributed by atoms with Crippen molar-refractivity contribution in [3.05, 3.63) is 95.8 Å². The fourth-order valence-corrected chi connectivity index (χ4v) is 5.19. The van der Waals surface area contributed by atoms with E-state index in [4.69, 9.17) is 4.74 Å². The number of fused-ring (bicyclic) bond motifs is 1. The number of carbonyl (C=O) groups excluding carboxylic acids is 1. The van der Waals surface area contributed by atoms with Crippen LogP contribution in [0.25, 0.3) is 0 Å². The van der Waals surface area contributed by atoms with Crippen LogP contribution in [-0.4, -0.2) is 27.0 Å². The average Bonchev–Trinajstić information content (AvgIpc) is 2.79. The van der Waals surface area contributed by atoms with Gasteiger partial charge in [-0.2, -0.15) is 0 Å². The summed E-state index contributed by atoms with van der Waals surface area (Å²) in [6.45, 7) is 1.62. The Morgan fingerprint density at radius 3 is 2.44 bits per heavy atom. The van der Waals surface area contributed by atoms with Crippen molar-refractivity contribution in [3.63, 3.8) is 0 Å². The van der Waals surface area contributed by atoms with E-state index in [2.05, 4.69) is 5.32 Å². The molecule has 6 nitrogen and oxygen atoms in total. The van der Waals surface area contributed by atoms with E-state index in [1.165, 1.54) is 16.4 Å². The maximum Gasteiger partial charge on any atom is 0.263 e. The largest absolute Gasteiger partial charge is 0.476 e. The molecule has 0 saturated carbocycles. The van der Waals surface area contributed by atoms with Crippen molar-refractivity contribution >= 4 is 21.6 Å². The van der Waals surface area contributed by atoms with Gasteiger partial charge < -0.3 is 10.1 Å². The molecule has 0 saturated heterocycles. The van der Waals surface area contributed by atoms with E-state index in [9.17, 15) is 17.6 Å². The van der Waals surface area contributed by atoms with Crippen molar-refractivity contribution in [2.24, 2.45) is 0 Å². The van der Waals surface area contributed by atoms with Crippen LogP contribution in [-0.2, 0) is 20.6 Å². The predicted octanol–water partition coefficient (Wildman–Crippen LogP) is 3.80. The minimum absolute atomic E-state index is 0.145. The van der Waals surface area contributed by atoms with Crippen LogP contribution < -0.4 is 14.4 Å². The van der Waals surface area contributed by atoms with E-state index in [-0.39, 0.29) is 18.1 Å². The van der Waals surface area contributed by atoms with Crippen LogP contribution in [0.15, 0.2) is 78.9 Å². The van der Waals surface area contributed by atoms with Gasteiger partial charge in [-0.1, -0.05) is 54.6 Å². The number of hydrogen-bond acceptors (Lipinski definition) is 4. The van der Waals surface area contributed by atoms with Crippen molar-refractivity contribution in [3.8, 4) is 5.75 Å². The number of hydrogen-bond donors (Lipinski definition) is 1. The van der Waals surface area contributed by atoms with E-state index >= 15 is 0 Å². The first kappa shape index (κ1) is 21.8. The molecule has 3 aromatic carbocycles. The van der Waals surface area contributed by atoms with Crippen LogP contribution >= 0.6 is 0 Å². The van der Waals surface area contributed by atoms with Gasteiger partial charge in [-0.15, -0.1) is 0 Å². The normalized spacial score (nSPS) is 16.6. The molecule has 1 N–H and O–H groups in total. The van der Waals surface area contributed by atoms with E-state index in [0.717, 1.165) is 5.56 Å². The van der Waals surface area contributed by atoms with Crippen LogP contribution in [0.1, 0.15) is 24.1 Å². The van der Waals surface area contributed by atoms with Crippen molar-refractivity contribution in [2.75, 3.05) is 10.8 Å². The molecule has 166 valence electrons. The van der Waals surface area contributed by atoms with Gasteiger partial charge in [0.25, 0.3) is 5.91 Å². The Labute approximate surface area is 186 Å². The van der Waals surface area contributed by atoms with Gasteiger partial charge in [-0.25, -0.2) is 12.8 Å². The quantitative estimate of drug-likeness (QED) is 0.615. The van der Waals surface area contributed by atoms with Crippen LogP contribution in [0.5, 0.6) is 5.75 Å². The lowest BCUT2D eigenvalue weighted by Crippen LogP contribution is -2.51. The fraction of sp³-hybridized carbons (Fsp3) is 0.208. The highest BCUT2D eigenvalue weighted by Gasteiger charge is 2.37. The second-order valence-corrected chi connectivity index (χ2v) is 9.52. The highest BCUT2D eigenvalue weighted by molar-refractivity contribution is 7.92. The van der Waals surface area contributed by atoms with Crippen molar-refractivity contribution in [2.45, 2.75) is 24.8 Å². The molecule has 0 spiro atoms. The number of rotatable bonds is 6. The number of carbonyl (C=O) groups is 1. The molecule has 1 aliphatic heterocycles. The second-order valence-electron chi connectivity index (χ2n) is 7.63. The highest BCUT2D eigenvalue weighted by Crippen LogP contribution is 2.36. The number of ether oxygens (including phenoxy) is 1. The Kier molecular flexibility index (Phi) is 6.14. The van der Waals surface area contributed by atoms with Gasteiger partial charge in [0.1, 0.15) is 11.6 Å². The van der Waals surface area contributed by atoms with E-state index in [1.807, 2.05) is 6.07 Å². The Morgan fingerprint density at radius 1 is 1.06 bits per heavy atom. The number of halogens is 1. The maximum absolute atomic E-state index is 13.3. The first-order valence-corrected chi connectivity index (χ1v) is 11.8. The summed E-state index contributed by atoms with van der Waals surface area (Å²) < 4.78 is 46.8. The molecule has 0 bridgehead atoms. The molecule has 0 unspecified atom stereocenters. The molecule has 0 radical (unpaired) electrons. The molecule has 1 heterocycles. The molecule has 32 heavy (non-hydrogen) atoms. The zero-order valence-corrected chi connectivity index (χ0v) is 18.3. The van der Waals surface area contributed by atoms with Gasteiger partial charge in [0.2, 0.25) is 10.0 Å². The maximum atomic E-state index is 13.3. The lowest BCUT2D eigenvalue weighted by Gasteiger charge is -2.35. The molecular weight excluding hydrogens is 431 g/mol. The summed E-state index contributed by atoms with van der Waals surface area (Å²) in [7, 11) is -3.77. The lowest BCUT2D eigenvalue weighted by molar-refractivity contribution is -0.128. The molecule has 1 amide bonds. The standard InChI is InChI=1S/C24H23FN2O4S/c1-17(19-11-13-20(25)14-12-19)26-24(28)23-15-27(21-9-5-6-10-22(21)31-23)32(29,30)16-18-7-3-2-4-8-18/h2-14,17,23H,15-16H2,1H3,(H,26,28)/t17-,23-/m1/s1. The molecular formula is C24H23FN2O4S. The van der Waals surface area contributed by atoms with E-state index in [1.54, 1.807) is 67.6 Å². The number of anilines is 1. The fourth-order valence-electron chi connectivity index (χ4n) is 3.61. The number of para-hydroxylation sites is 2. The van der Waals surface area contributed by atoms with Crippen LogP contribution in [0.3, 0.4) is 0 Å². The smallest absolute Gasteiger partial charge is 0.263 e. The van der Waals surface area contributed by atoms with Gasteiger partial charge in [0, 0.05) is 0 Å². The summed E-state index contributed by atoms with van der Waals surface area (Å²) in [5.74, 6) is -0.678. The summed E-state index contributed by atoms with van der Waals surface area (Å²) >= 11 is 0. The first-order valence-electron chi connectivity index (χ1n) is 10.2. The third-order valence-corrected chi connectivity index (χ3v) is 7.00. The topological polar surface area (TPSA) is 75.7 Å². The van der Waals surface area contributed by atoms with Crippen LogP contribution in [0, 0.1) is 5.82 Å². The minimum atomic E-state index is -3.77. The molecule has 8 heteroatoms. The van der Waals surface area contributed by atoms with Gasteiger partial charge in [0.15, 0.2) is 6.10 Å². The summed E-state index contributed by atoms with van der Waals surface area (Å²) in [6.07, 6.45) is -1.03. The number of amides is 1. The first-order chi connectivity index (χ1) is 15.3. The molecule has 0 aliphatic carbocycles. The zero-order valence-electron chi connectivity index (χ0n) is 17.4. The molecule has 3 aromatic rings. The summed E-state index contributed by atoms with van der Waals surface area (Å²) in [6, 6.07) is 21.1. The van der Waals surface area contributed by atoms with E-state index in [0.29, 0.717) is 17.0 Å². The van der Waals surface area contributed by atoms with Crippen molar-refractivity contribution < 1.29 is 22.3 Å². The minimum Gasteiger partial charge on any atom is -0.476 e. The molecule has 0 aromatic heterocycles. The van der Waals surface area contributed by atoms with Crippen LogP contribution in [0.2, 0.25) is 0 Å². The Bertz CT molecular complexity index is 1200. The van der Waals surface area contributed by atoms with Gasteiger partial charge in [-0.3, -0.25) is 9.10 Å². The zero-order chi connectivity index (χ0) is 22.7. The number of nitrogens with zero attached hydrogens (tertiary/aromatic N) is 1. The van der Waals surface area contributed by atoms with Crippen molar-refractivity contribution in [1.29, 1.82) is 0 Å². The van der Waals surface area contributed by atoms with Gasteiger partial charge in [0.05, 0.1) is 24.0 Å². The number of sulfonamides is 1. The predicted molar refractivity (Wildman–Crippen MR) is 120 cm³/mol. The number of nitrogens with one attached hydrogen (secondary N) is 1. The monoisotopic (exact) mass is 454 g/mol. The Balaban J connectivity index is 1.56. The lowest BCUT2D eigenvalue weighted by atomic mass is 10.1. The summed E-state index contributed by atoms with van der Waals surface area (Å²) in [5, 5.41) is 2.83. The molecule has 2 atom stereocenters. The van der Waals surface area contributed by atoms with E-state index < -0.39 is 28.1 Å². The summed E-state index contributed by atoms with van der Waals surface area (Å²) in [5.41, 5.74) is 1.78. The second kappa shape index (κ2) is 9.00. The molecule has 0 fully saturated rings. The third kappa shape index (κ3) is 4.75. The van der Waals surface area contributed by atoms with Gasteiger partial charge in [-0.05, 0) is 42.3 Å².